The molecule has 0 aromatic heterocycles. The van der Waals surface area contributed by atoms with Crippen molar-refractivity contribution < 1.29 is 14.7 Å². The highest BCUT2D eigenvalue weighted by Gasteiger charge is 2.17. The van der Waals surface area contributed by atoms with Crippen molar-refractivity contribution in [2.45, 2.75) is 40.5 Å². The molecule has 0 rings (SSSR count). The topological polar surface area (TPSA) is 58.9 Å². The fourth-order valence-electron chi connectivity index (χ4n) is 0.901. The van der Waals surface area contributed by atoms with Crippen LogP contribution in [0.1, 0.15) is 40.5 Å². The van der Waals surface area contributed by atoms with Crippen molar-refractivity contribution in [1.29, 1.82) is 0 Å². The fourth-order valence-corrected chi connectivity index (χ4v) is 0.901. The second kappa shape index (κ2) is 5.62. The highest BCUT2D eigenvalue weighted by atomic mass is 16.5. The monoisotopic (exact) mass is 201 g/mol. The summed E-state index contributed by atoms with van der Waals surface area (Å²) >= 11 is 0. The molecule has 0 saturated carbocycles. The van der Waals surface area contributed by atoms with Gasteiger partial charge in [0.25, 0.3) is 0 Å². The van der Waals surface area contributed by atoms with E-state index in [1.54, 1.807) is 6.92 Å². The van der Waals surface area contributed by atoms with Gasteiger partial charge in [-0.3, -0.25) is 0 Å². The lowest BCUT2D eigenvalue weighted by Gasteiger charge is -2.17. The first kappa shape index (κ1) is 12.9. The van der Waals surface area contributed by atoms with Crippen molar-refractivity contribution in [3.05, 3.63) is 0 Å². The smallest absolute Gasteiger partial charge is 0.356 e. The molecule has 0 spiro atoms. The van der Waals surface area contributed by atoms with Crippen LogP contribution in [0.2, 0.25) is 0 Å². The molecule has 4 heteroatoms. The van der Waals surface area contributed by atoms with Crippen molar-refractivity contribution in [3.63, 3.8) is 0 Å². The van der Waals surface area contributed by atoms with Gasteiger partial charge in [0.05, 0.1) is 6.61 Å². The van der Waals surface area contributed by atoms with Gasteiger partial charge in [-0.1, -0.05) is 25.9 Å². The number of hydrogen-bond donors (Lipinski definition) is 1. The number of oxime groups is 1. The maximum absolute atomic E-state index is 11.2. The molecule has 1 N–H and O–H groups in total. The van der Waals surface area contributed by atoms with Crippen LogP contribution < -0.4 is 0 Å². The fraction of sp³-hybridized carbons (Fsp3) is 0.800. The van der Waals surface area contributed by atoms with Gasteiger partial charge in [-0.15, -0.1) is 0 Å². The van der Waals surface area contributed by atoms with E-state index in [0.717, 1.165) is 6.42 Å². The van der Waals surface area contributed by atoms with Gasteiger partial charge in [0, 0.05) is 6.42 Å². The summed E-state index contributed by atoms with van der Waals surface area (Å²) in [5, 5.41) is 11.6. The quantitative estimate of drug-likeness (QED) is 0.328. The van der Waals surface area contributed by atoms with E-state index in [1.165, 1.54) is 0 Å². The van der Waals surface area contributed by atoms with Gasteiger partial charge in [-0.2, -0.15) is 0 Å². The van der Waals surface area contributed by atoms with Crippen LogP contribution in [0.25, 0.3) is 0 Å². The van der Waals surface area contributed by atoms with Crippen LogP contribution in [-0.4, -0.2) is 23.5 Å². The van der Waals surface area contributed by atoms with E-state index in [-0.39, 0.29) is 11.1 Å². The van der Waals surface area contributed by atoms with Crippen LogP contribution >= 0.6 is 0 Å². The predicted octanol–water partition coefficient (Wildman–Crippen LogP) is 2.21. The van der Waals surface area contributed by atoms with Crippen LogP contribution in [0, 0.1) is 5.41 Å². The Hall–Kier alpha value is -1.06. The zero-order chi connectivity index (χ0) is 11.2. The molecule has 0 radical (unpaired) electrons. The van der Waals surface area contributed by atoms with Gasteiger partial charge in [-0.05, 0) is 18.8 Å². The highest BCUT2D eigenvalue weighted by Crippen LogP contribution is 2.20. The lowest BCUT2D eigenvalue weighted by atomic mass is 9.89. The summed E-state index contributed by atoms with van der Waals surface area (Å²) in [7, 11) is 0. The molecular weight excluding hydrogens is 182 g/mol. The Balaban J connectivity index is 4.12. The summed E-state index contributed by atoms with van der Waals surface area (Å²) in [6.45, 7) is 8.21. The number of carbonyl (C=O) groups excluding carboxylic acids is 1. The Kier molecular flexibility index (Phi) is 5.20. The SMILES string of the molecule is CCOC(=O)/C(CCC(C)(C)C)=N\O. The van der Waals surface area contributed by atoms with E-state index >= 15 is 0 Å². The summed E-state index contributed by atoms with van der Waals surface area (Å²) in [4.78, 5) is 11.2. The van der Waals surface area contributed by atoms with Crippen LogP contribution in [0.4, 0.5) is 0 Å². The first-order valence-corrected chi connectivity index (χ1v) is 4.78. The molecule has 0 heterocycles. The number of ether oxygens (including phenoxy) is 1. The molecule has 0 aliphatic rings. The van der Waals surface area contributed by atoms with Crippen LogP contribution in [0.3, 0.4) is 0 Å². The average molecular weight is 201 g/mol. The van der Waals surface area contributed by atoms with E-state index in [2.05, 4.69) is 25.9 Å². The standard InChI is InChI=1S/C10H19NO3/c1-5-14-9(12)8(11-13)6-7-10(2,3)4/h13H,5-7H2,1-4H3/b11-8-. The number of hydrogen-bond acceptors (Lipinski definition) is 4. The van der Waals surface area contributed by atoms with Gasteiger partial charge in [0.2, 0.25) is 0 Å². The number of rotatable bonds is 4. The molecule has 0 fully saturated rings. The first-order valence-electron chi connectivity index (χ1n) is 4.78. The van der Waals surface area contributed by atoms with Gasteiger partial charge >= 0.3 is 5.97 Å². The summed E-state index contributed by atoms with van der Waals surface area (Å²) in [6, 6.07) is 0. The molecule has 0 aromatic rings. The molecule has 14 heavy (non-hydrogen) atoms. The molecular formula is C10H19NO3. The highest BCUT2D eigenvalue weighted by molar-refractivity contribution is 6.36. The molecule has 0 unspecified atom stereocenters. The van der Waals surface area contributed by atoms with E-state index in [1.807, 2.05) is 0 Å². The number of esters is 1. The maximum atomic E-state index is 11.2. The third-order valence-corrected chi connectivity index (χ3v) is 1.74. The van der Waals surface area contributed by atoms with E-state index in [4.69, 9.17) is 9.94 Å². The zero-order valence-corrected chi connectivity index (χ0v) is 9.33. The van der Waals surface area contributed by atoms with Gasteiger partial charge in [0.15, 0.2) is 5.71 Å². The zero-order valence-electron chi connectivity index (χ0n) is 9.33. The third-order valence-electron chi connectivity index (χ3n) is 1.74. The van der Waals surface area contributed by atoms with Crippen molar-refractivity contribution in [3.8, 4) is 0 Å². The lowest BCUT2D eigenvalue weighted by molar-refractivity contribution is -0.135. The van der Waals surface area contributed by atoms with Crippen molar-refractivity contribution in [1.82, 2.24) is 0 Å². The summed E-state index contributed by atoms with van der Waals surface area (Å²) in [6.07, 6.45) is 1.23. The Morgan fingerprint density at radius 2 is 2.00 bits per heavy atom. The molecule has 0 aliphatic heterocycles. The Bertz CT molecular complexity index is 216. The van der Waals surface area contributed by atoms with Gasteiger partial charge in [-0.25, -0.2) is 4.79 Å². The van der Waals surface area contributed by atoms with Crippen molar-refractivity contribution >= 4 is 11.7 Å². The minimum Gasteiger partial charge on any atom is -0.461 e. The first-order chi connectivity index (χ1) is 6.40. The maximum Gasteiger partial charge on any atom is 0.356 e. The average Bonchev–Trinajstić information content (AvgIpc) is 2.03. The third kappa shape index (κ3) is 5.56. The molecule has 0 bridgehead atoms. The Morgan fingerprint density at radius 3 is 2.36 bits per heavy atom. The number of carbonyl (C=O) groups is 1. The van der Waals surface area contributed by atoms with Crippen LogP contribution in [-0.2, 0) is 9.53 Å². The van der Waals surface area contributed by atoms with E-state index in [9.17, 15) is 4.79 Å². The molecule has 0 amide bonds. The van der Waals surface area contributed by atoms with Crippen molar-refractivity contribution in [2.75, 3.05) is 6.61 Å². The molecule has 0 aromatic carbocycles. The van der Waals surface area contributed by atoms with Gasteiger partial charge in [0.1, 0.15) is 0 Å². The second-order valence-electron chi connectivity index (χ2n) is 4.33. The predicted molar refractivity (Wildman–Crippen MR) is 54.5 cm³/mol. The largest absolute Gasteiger partial charge is 0.461 e. The molecule has 0 atom stereocenters. The molecule has 0 aliphatic carbocycles. The Morgan fingerprint density at radius 1 is 1.43 bits per heavy atom. The van der Waals surface area contributed by atoms with Gasteiger partial charge < -0.3 is 9.94 Å². The minimum absolute atomic E-state index is 0.0989. The normalized spacial score (nSPS) is 12.7. The second-order valence-corrected chi connectivity index (χ2v) is 4.33. The minimum atomic E-state index is -0.528. The van der Waals surface area contributed by atoms with Crippen LogP contribution in [0.15, 0.2) is 5.16 Å². The summed E-state index contributed by atoms with van der Waals surface area (Å²) < 4.78 is 4.73. The van der Waals surface area contributed by atoms with E-state index in [0.29, 0.717) is 13.0 Å². The molecule has 82 valence electrons. The Labute approximate surface area is 84.9 Å². The van der Waals surface area contributed by atoms with Crippen LogP contribution in [0.5, 0.6) is 0 Å². The lowest BCUT2D eigenvalue weighted by Crippen LogP contribution is -2.19. The van der Waals surface area contributed by atoms with E-state index < -0.39 is 5.97 Å². The summed E-state index contributed by atoms with van der Waals surface area (Å²) in [5.41, 5.74) is 0.212. The van der Waals surface area contributed by atoms with Crippen molar-refractivity contribution in [2.24, 2.45) is 10.6 Å². The molecule has 4 nitrogen and oxygen atoms in total. The summed E-state index contributed by atoms with van der Waals surface area (Å²) in [5.74, 6) is -0.528. The molecule has 0 saturated heterocycles. The number of nitrogens with zero attached hydrogens (tertiary/aromatic N) is 1.